The van der Waals surface area contributed by atoms with Crippen molar-refractivity contribution >= 4 is 0 Å². The number of nitrogens with zero attached hydrogens (tertiary/aromatic N) is 2. The molecule has 4 rings (SSSR count). The average Bonchev–Trinajstić information content (AvgIpc) is 3.44. The van der Waals surface area contributed by atoms with Crippen LogP contribution in [0, 0.1) is 0 Å². The highest BCUT2D eigenvalue weighted by Gasteiger charge is 2.38. The molecule has 0 bridgehead atoms. The van der Waals surface area contributed by atoms with E-state index in [0.29, 0.717) is 13.1 Å². The zero-order chi connectivity index (χ0) is 26.3. The van der Waals surface area contributed by atoms with E-state index in [0.717, 1.165) is 44.6 Å². The van der Waals surface area contributed by atoms with E-state index in [9.17, 15) is 10.2 Å². The fourth-order valence-corrected chi connectivity index (χ4v) is 6.42. The molecule has 2 aromatic rings. The molecule has 1 heterocycles. The Morgan fingerprint density at radius 1 is 0.811 bits per heavy atom. The van der Waals surface area contributed by atoms with E-state index in [1.165, 1.54) is 36.8 Å². The molecule has 5 heteroatoms. The molecule has 2 N–H and O–H groups in total. The zero-order valence-corrected chi connectivity index (χ0v) is 23.2. The maximum absolute atomic E-state index is 10.4. The number of rotatable bonds is 12. The van der Waals surface area contributed by atoms with E-state index in [1.54, 1.807) is 0 Å². The van der Waals surface area contributed by atoms with Crippen molar-refractivity contribution in [1.82, 2.24) is 9.80 Å². The first-order chi connectivity index (χ1) is 18.0. The lowest BCUT2D eigenvalue weighted by Crippen LogP contribution is -2.60. The molecule has 1 aliphatic heterocycles. The van der Waals surface area contributed by atoms with E-state index in [-0.39, 0.29) is 29.8 Å². The second kappa shape index (κ2) is 13.2. The Labute approximate surface area is 224 Å². The molecule has 1 saturated carbocycles. The first-order valence-electron chi connectivity index (χ1n) is 14.6. The fraction of sp³-hybridized carbons (Fsp3) is 0.625. The minimum absolute atomic E-state index is 0.0195. The van der Waals surface area contributed by atoms with Gasteiger partial charge in [0.2, 0.25) is 0 Å². The SMILES string of the molecule is CCC(O)CN1CCN(CC(O)CC)[C@@H](C(CC)Oc2ccc(C3(c4ccccc4)CCCC3)cc2)C1. The highest BCUT2D eigenvalue weighted by molar-refractivity contribution is 5.42. The minimum Gasteiger partial charge on any atom is -0.489 e. The predicted octanol–water partition coefficient (Wildman–Crippen LogP) is 5.23. The summed E-state index contributed by atoms with van der Waals surface area (Å²) in [6.07, 6.45) is 6.76. The fourth-order valence-electron chi connectivity index (χ4n) is 6.42. The highest BCUT2D eigenvalue weighted by atomic mass is 16.5. The highest BCUT2D eigenvalue weighted by Crippen LogP contribution is 2.46. The van der Waals surface area contributed by atoms with E-state index < -0.39 is 0 Å². The van der Waals surface area contributed by atoms with Crippen molar-refractivity contribution in [2.24, 2.45) is 0 Å². The van der Waals surface area contributed by atoms with E-state index in [2.05, 4.69) is 71.3 Å². The first-order valence-corrected chi connectivity index (χ1v) is 14.6. The van der Waals surface area contributed by atoms with E-state index >= 15 is 0 Å². The summed E-state index contributed by atoms with van der Waals surface area (Å²) < 4.78 is 6.67. The Balaban J connectivity index is 1.51. The Kier molecular flexibility index (Phi) is 10.1. The third-order valence-corrected chi connectivity index (χ3v) is 8.78. The van der Waals surface area contributed by atoms with Gasteiger partial charge in [-0.15, -0.1) is 0 Å². The summed E-state index contributed by atoms with van der Waals surface area (Å²) in [7, 11) is 0. The number of hydrogen-bond acceptors (Lipinski definition) is 5. The molecule has 1 aliphatic carbocycles. The molecule has 204 valence electrons. The molecule has 3 unspecified atom stereocenters. The van der Waals surface area contributed by atoms with Crippen molar-refractivity contribution in [2.75, 3.05) is 32.7 Å². The van der Waals surface area contributed by atoms with E-state index in [1.807, 2.05) is 13.8 Å². The number of benzene rings is 2. The van der Waals surface area contributed by atoms with Crippen molar-refractivity contribution in [3.63, 3.8) is 0 Å². The molecular formula is C32H48N2O3. The van der Waals surface area contributed by atoms with Gasteiger partial charge in [-0.1, -0.05) is 76.1 Å². The average molecular weight is 509 g/mol. The van der Waals surface area contributed by atoms with Gasteiger partial charge in [-0.3, -0.25) is 9.80 Å². The number of aliphatic hydroxyl groups is 2. The van der Waals surface area contributed by atoms with Crippen molar-refractivity contribution in [1.29, 1.82) is 0 Å². The lowest BCUT2D eigenvalue weighted by Gasteiger charge is -2.45. The molecular weight excluding hydrogens is 460 g/mol. The van der Waals surface area contributed by atoms with Gasteiger partial charge in [-0.25, -0.2) is 0 Å². The van der Waals surface area contributed by atoms with Crippen molar-refractivity contribution < 1.29 is 14.9 Å². The van der Waals surface area contributed by atoms with Crippen LogP contribution >= 0.6 is 0 Å². The summed E-state index contributed by atoms with van der Waals surface area (Å²) in [5.41, 5.74) is 2.93. The molecule has 1 saturated heterocycles. The smallest absolute Gasteiger partial charge is 0.119 e. The van der Waals surface area contributed by atoms with Gasteiger partial charge >= 0.3 is 0 Å². The third kappa shape index (κ3) is 6.75. The summed E-state index contributed by atoms with van der Waals surface area (Å²) in [6, 6.07) is 20.0. The van der Waals surface area contributed by atoms with Crippen LogP contribution < -0.4 is 4.74 Å². The van der Waals surface area contributed by atoms with Gasteiger partial charge in [0.05, 0.1) is 18.2 Å². The Morgan fingerprint density at radius 2 is 1.43 bits per heavy atom. The quantitative estimate of drug-likeness (QED) is 0.411. The molecule has 0 amide bonds. The largest absolute Gasteiger partial charge is 0.489 e. The van der Waals surface area contributed by atoms with Gasteiger partial charge in [0.25, 0.3) is 0 Å². The number of piperazine rings is 1. The molecule has 0 radical (unpaired) electrons. The van der Waals surface area contributed by atoms with Crippen LogP contribution in [0.4, 0.5) is 0 Å². The van der Waals surface area contributed by atoms with E-state index in [4.69, 9.17) is 4.74 Å². The summed E-state index contributed by atoms with van der Waals surface area (Å²) in [5.74, 6) is 0.915. The summed E-state index contributed by atoms with van der Waals surface area (Å²) in [5, 5.41) is 20.7. The number of aliphatic hydroxyl groups excluding tert-OH is 2. The Morgan fingerprint density at radius 3 is 2.05 bits per heavy atom. The third-order valence-electron chi connectivity index (χ3n) is 8.78. The standard InChI is InChI=1S/C32H48N2O3/c1-4-27(35)22-33-20-21-34(23-28(36)5-2)30(24-33)31(6-3)37-29-16-14-26(15-17-29)32(18-10-11-19-32)25-12-8-7-9-13-25/h7-9,12-17,27-28,30-31,35-36H,4-6,10-11,18-24H2,1-3H3/t27?,28?,30-,31?/m1/s1. The van der Waals surface area contributed by atoms with Crippen molar-refractivity contribution in [2.45, 2.75) is 95.5 Å². The lowest BCUT2D eigenvalue weighted by molar-refractivity contribution is -0.0285. The van der Waals surface area contributed by atoms with Gasteiger partial charge in [0.15, 0.2) is 0 Å². The number of ether oxygens (including phenoxy) is 1. The molecule has 2 aromatic carbocycles. The summed E-state index contributed by atoms with van der Waals surface area (Å²) in [6.45, 7) is 10.3. The van der Waals surface area contributed by atoms with Crippen molar-refractivity contribution in [3.8, 4) is 5.75 Å². The molecule has 2 aliphatic rings. The van der Waals surface area contributed by atoms with Gasteiger partial charge < -0.3 is 14.9 Å². The number of β-amino-alcohol motifs (C(OH)–C–C–N with tert-alkyl or cyclic N) is 2. The zero-order valence-electron chi connectivity index (χ0n) is 23.2. The molecule has 2 fully saturated rings. The van der Waals surface area contributed by atoms with Crippen LogP contribution in [-0.2, 0) is 5.41 Å². The van der Waals surface area contributed by atoms with Crippen LogP contribution in [0.5, 0.6) is 5.75 Å². The first kappa shape index (κ1) is 28.1. The predicted molar refractivity (Wildman–Crippen MR) is 151 cm³/mol. The minimum atomic E-state index is -0.326. The molecule has 37 heavy (non-hydrogen) atoms. The van der Waals surface area contributed by atoms with Crippen LogP contribution in [0.3, 0.4) is 0 Å². The van der Waals surface area contributed by atoms with Gasteiger partial charge in [0, 0.05) is 38.1 Å². The Bertz CT molecular complexity index is 929. The van der Waals surface area contributed by atoms with Crippen LogP contribution in [-0.4, -0.2) is 77.1 Å². The second-order valence-electron chi connectivity index (χ2n) is 11.2. The maximum atomic E-state index is 10.4. The van der Waals surface area contributed by atoms with Gasteiger partial charge in [-0.2, -0.15) is 0 Å². The van der Waals surface area contributed by atoms with Crippen LogP contribution in [0.15, 0.2) is 54.6 Å². The lowest BCUT2D eigenvalue weighted by atomic mass is 9.73. The summed E-state index contributed by atoms with van der Waals surface area (Å²) in [4.78, 5) is 4.78. The second-order valence-corrected chi connectivity index (χ2v) is 11.2. The van der Waals surface area contributed by atoms with Gasteiger partial charge in [-0.05, 0) is 55.4 Å². The number of hydrogen-bond donors (Lipinski definition) is 2. The molecule has 0 spiro atoms. The summed E-state index contributed by atoms with van der Waals surface area (Å²) >= 11 is 0. The van der Waals surface area contributed by atoms with Gasteiger partial charge in [0.1, 0.15) is 11.9 Å². The van der Waals surface area contributed by atoms with Crippen LogP contribution in [0.2, 0.25) is 0 Å². The molecule has 4 atom stereocenters. The van der Waals surface area contributed by atoms with Crippen LogP contribution in [0.1, 0.15) is 76.8 Å². The Hall–Kier alpha value is -1.92. The molecule has 0 aromatic heterocycles. The van der Waals surface area contributed by atoms with Crippen LogP contribution in [0.25, 0.3) is 0 Å². The maximum Gasteiger partial charge on any atom is 0.119 e. The monoisotopic (exact) mass is 508 g/mol. The topological polar surface area (TPSA) is 56.2 Å². The molecule has 5 nitrogen and oxygen atoms in total. The van der Waals surface area contributed by atoms with Crippen molar-refractivity contribution in [3.05, 3.63) is 65.7 Å². The normalized spacial score (nSPS) is 23.0.